The highest BCUT2D eigenvalue weighted by atomic mass is 16.5. The summed E-state index contributed by atoms with van der Waals surface area (Å²) in [5.74, 6) is 1.99. The second-order valence-corrected chi connectivity index (χ2v) is 5.72. The lowest BCUT2D eigenvalue weighted by atomic mass is 9.92. The molecule has 4 nitrogen and oxygen atoms in total. The monoisotopic (exact) mass is 281 g/mol. The molecule has 0 aromatic heterocycles. The molecule has 20 heavy (non-hydrogen) atoms. The first-order chi connectivity index (χ1) is 9.39. The van der Waals surface area contributed by atoms with Gasteiger partial charge in [0.1, 0.15) is 11.5 Å². The highest BCUT2D eigenvalue weighted by Crippen LogP contribution is 2.31. The fourth-order valence-corrected chi connectivity index (χ4v) is 1.99. The maximum Gasteiger partial charge on any atom is 0.122 e. The van der Waals surface area contributed by atoms with Crippen LogP contribution < -0.4 is 14.8 Å². The molecule has 0 fully saturated rings. The Morgan fingerprint density at radius 3 is 2.15 bits per heavy atom. The zero-order valence-electron chi connectivity index (χ0n) is 13.2. The summed E-state index contributed by atoms with van der Waals surface area (Å²) in [4.78, 5) is 0. The van der Waals surface area contributed by atoms with Gasteiger partial charge in [-0.3, -0.25) is 0 Å². The molecule has 0 saturated carbocycles. The van der Waals surface area contributed by atoms with E-state index in [1.54, 1.807) is 20.3 Å². The lowest BCUT2D eigenvalue weighted by Gasteiger charge is -2.25. The maximum atomic E-state index is 10.6. The van der Waals surface area contributed by atoms with Crippen LogP contribution in [0.3, 0.4) is 0 Å². The van der Waals surface area contributed by atoms with Crippen molar-refractivity contribution in [1.29, 1.82) is 0 Å². The van der Waals surface area contributed by atoms with Crippen LogP contribution in [0.5, 0.6) is 11.5 Å². The second-order valence-electron chi connectivity index (χ2n) is 5.72. The Hall–Kier alpha value is -1.26. The maximum absolute atomic E-state index is 10.6. The first-order valence-corrected chi connectivity index (χ1v) is 7.05. The van der Waals surface area contributed by atoms with Crippen LogP contribution in [0, 0.1) is 5.92 Å². The average Bonchev–Trinajstić information content (AvgIpc) is 2.42. The average molecular weight is 281 g/mol. The van der Waals surface area contributed by atoms with Gasteiger partial charge in [0.05, 0.1) is 19.8 Å². The number of benzene rings is 1. The Morgan fingerprint density at radius 1 is 1.15 bits per heavy atom. The fraction of sp³-hybridized carbons (Fsp3) is 0.625. The number of hydrogen-bond acceptors (Lipinski definition) is 4. The summed E-state index contributed by atoms with van der Waals surface area (Å²) >= 11 is 0. The second kappa shape index (κ2) is 7.50. The summed E-state index contributed by atoms with van der Waals surface area (Å²) < 4.78 is 10.5. The van der Waals surface area contributed by atoms with Gasteiger partial charge in [-0.15, -0.1) is 0 Å². The summed E-state index contributed by atoms with van der Waals surface area (Å²) in [5.41, 5.74) is -0.105. The summed E-state index contributed by atoms with van der Waals surface area (Å²) in [6.45, 7) is 7.87. The highest BCUT2D eigenvalue weighted by Gasteiger charge is 2.24. The molecule has 0 spiro atoms. The molecular weight excluding hydrogens is 254 g/mol. The van der Waals surface area contributed by atoms with Gasteiger partial charge in [0, 0.05) is 6.07 Å². The van der Waals surface area contributed by atoms with Crippen LogP contribution in [0.25, 0.3) is 0 Å². The van der Waals surface area contributed by atoms with Gasteiger partial charge in [-0.05, 0) is 50.0 Å². The Bertz CT molecular complexity index is 394. The molecule has 0 amide bonds. The largest absolute Gasteiger partial charge is 0.497 e. The Kier molecular flexibility index (Phi) is 6.30. The molecule has 4 heteroatoms. The predicted octanol–water partition coefficient (Wildman–Crippen LogP) is 2.55. The van der Waals surface area contributed by atoms with E-state index in [1.807, 2.05) is 19.1 Å². The molecule has 0 heterocycles. The number of aliphatic hydroxyl groups is 1. The molecular formula is C16H27NO3. The van der Waals surface area contributed by atoms with Crippen LogP contribution in [0.2, 0.25) is 0 Å². The molecule has 0 aliphatic heterocycles. The van der Waals surface area contributed by atoms with Crippen molar-refractivity contribution in [2.45, 2.75) is 32.8 Å². The SMILES string of the molecule is COc1cc(OC)cc(C(C)(O)CCNCC(C)C)c1. The van der Waals surface area contributed by atoms with E-state index in [1.165, 1.54) is 0 Å². The summed E-state index contributed by atoms with van der Waals surface area (Å²) in [7, 11) is 3.22. The first-order valence-electron chi connectivity index (χ1n) is 7.05. The van der Waals surface area contributed by atoms with Crippen molar-refractivity contribution >= 4 is 0 Å². The van der Waals surface area contributed by atoms with E-state index in [2.05, 4.69) is 19.2 Å². The number of methoxy groups -OCH3 is 2. The van der Waals surface area contributed by atoms with Crippen LogP contribution in [0.4, 0.5) is 0 Å². The van der Waals surface area contributed by atoms with Gasteiger partial charge < -0.3 is 19.9 Å². The highest BCUT2D eigenvalue weighted by molar-refractivity contribution is 5.40. The van der Waals surface area contributed by atoms with Crippen LogP contribution in [-0.4, -0.2) is 32.4 Å². The van der Waals surface area contributed by atoms with Crippen molar-refractivity contribution in [2.75, 3.05) is 27.3 Å². The zero-order chi connectivity index (χ0) is 15.2. The molecule has 0 bridgehead atoms. The Balaban J connectivity index is 2.75. The molecule has 1 aromatic rings. The molecule has 2 N–H and O–H groups in total. The number of ether oxygens (including phenoxy) is 2. The molecule has 1 aromatic carbocycles. The van der Waals surface area contributed by atoms with Crippen LogP contribution in [0.1, 0.15) is 32.8 Å². The minimum atomic E-state index is -0.911. The topological polar surface area (TPSA) is 50.7 Å². The summed E-state index contributed by atoms with van der Waals surface area (Å²) in [6, 6.07) is 5.51. The van der Waals surface area contributed by atoms with E-state index < -0.39 is 5.60 Å². The van der Waals surface area contributed by atoms with E-state index in [4.69, 9.17) is 9.47 Å². The van der Waals surface area contributed by atoms with Gasteiger partial charge in [0.25, 0.3) is 0 Å². The van der Waals surface area contributed by atoms with E-state index in [0.717, 1.165) is 18.7 Å². The Labute approximate surface area is 122 Å². The van der Waals surface area contributed by atoms with Crippen LogP contribution >= 0.6 is 0 Å². The number of rotatable bonds is 8. The minimum absolute atomic E-state index is 0.608. The quantitative estimate of drug-likeness (QED) is 0.719. The predicted molar refractivity (Wildman–Crippen MR) is 81.4 cm³/mol. The van der Waals surface area contributed by atoms with Gasteiger partial charge in [0.2, 0.25) is 0 Å². The minimum Gasteiger partial charge on any atom is -0.497 e. The molecule has 0 saturated heterocycles. The molecule has 0 aliphatic rings. The molecule has 0 radical (unpaired) electrons. The summed E-state index contributed by atoms with van der Waals surface area (Å²) in [6.07, 6.45) is 0.635. The molecule has 1 rings (SSSR count). The van der Waals surface area contributed by atoms with E-state index in [0.29, 0.717) is 23.8 Å². The molecule has 1 atom stereocenters. The lowest BCUT2D eigenvalue weighted by Crippen LogP contribution is -2.29. The van der Waals surface area contributed by atoms with Crippen molar-refractivity contribution in [3.05, 3.63) is 23.8 Å². The molecule has 114 valence electrons. The fourth-order valence-electron chi connectivity index (χ4n) is 1.99. The van der Waals surface area contributed by atoms with Crippen molar-refractivity contribution in [3.63, 3.8) is 0 Å². The first kappa shape index (κ1) is 16.8. The van der Waals surface area contributed by atoms with Gasteiger partial charge in [-0.1, -0.05) is 13.8 Å². The van der Waals surface area contributed by atoms with Gasteiger partial charge in [-0.25, -0.2) is 0 Å². The molecule has 0 aliphatic carbocycles. The Morgan fingerprint density at radius 2 is 1.70 bits per heavy atom. The van der Waals surface area contributed by atoms with Crippen LogP contribution in [-0.2, 0) is 5.60 Å². The third kappa shape index (κ3) is 5.02. The normalized spacial score (nSPS) is 14.2. The number of hydrogen-bond donors (Lipinski definition) is 2. The van der Waals surface area contributed by atoms with E-state index >= 15 is 0 Å². The van der Waals surface area contributed by atoms with Crippen molar-refractivity contribution in [1.82, 2.24) is 5.32 Å². The summed E-state index contributed by atoms with van der Waals surface area (Å²) in [5, 5.41) is 14.0. The van der Waals surface area contributed by atoms with Gasteiger partial charge in [0.15, 0.2) is 0 Å². The third-order valence-electron chi connectivity index (χ3n) is 3.31. The van der Waals surface area contributed by atoms with E-state index in [-0.39, 0.29) is 0 Å². The van der Waals surface area contributed by atoms with Crippen molar-refractivity contribution in [3.8, 4) is 11.5 Å². The van der Waals surface area contributed by atoms with Gasteiger partial charge in [-0.2, -0.15) is 0 Å². The standard InChI is InChI=1S/C16H27NO3/c1-12(2)11-17-7-6-16(3,18)13-8-14(19-4)10-15(9-13)20-5/h8-10,12,17-18H,6-7,11H2,1-5H3. The zero-order valence-corrected chi connectivity index (χ0v) is 13.2. The molecule has 1 unspecified atom stereocenters. The van der Waals surface area contributed by atoms with Gasteiger partial charge >= 0.3 is 0 Å². The van der Waals surface area contributed by atoms with Crippen molar-refractivity contribution in [2.24, 2.45) is 5.92 Å². The lowest BCUT2D eigenvalue weighted by molar-refractivity contribution is 0.0474. The van der Waals surface area contributed by atoms with Crippen molar-refractivity contribution < 1.29 is 14.6 Å². The van der Waals surface area contributed by atoms with E-state index in [9.17, 15) is 5.11 Å². The third-order valence-corrected chi connectivity index (χ3v) is 3.31. The van der Waals surface area contributed by atoms with Crippen LogP contribution in [0.15, 0.2) is 18.2 Å². The number of nitrogens with one attached hydrogen (secondary N) is 1. The smallest absolute Gasteiger partial charge is 0.122 e.